The topological polar surface area (TPSA) is 21.6 Å². The van der Waals surface area contributed by atoms with Crippen LogP contribution in [-0.4, -0.2) is 17.6 Å². The molecule has 2 nitrogen and oxygen atoms in total. The van der Waals surface area contributed by atoms with Crippen LogP contribution in [0.4, 0.5) is 5.69 Å². The summed E-state index contributed by atoms with van der Waals surface area (Å²) >= 11 is 5.15. The smallest absolute Gasteiger partial charge is 0.115 e. The maximum Gasteiger partial charge on any atom is 0.115 e. The van der Waals surface area contributed by atoms with Gasteiger partial charge in [-0.25, -0.2) is 4.99 Å². The molecule has 0 aliphatic carbocycles. The Morgan fingerprint density at radius 1 is 1.10 bits per heavy atom. The second-order valence-electron chi connectivity index (χ2n) is 4.99. The van der Waals surface area contributed by atoms with Crippen molar-refractivity contribution in [1.29, 1.82) is 0 Å². The van der Waals surface area contributed by atoms with Crippen molar-refractivity contribution in [3.8, 4) is 0 Å². The van der Waals surface area contributed by atoms with E-state index in [-0.39, 0.29) is 5.44 Å². The summed E-state index contributed by atoms with van der Waals surface area (Å²) in [4.78, 5) is 4.81. The molecule has 0 unspecified atom stereocenters. The lowest BCUT2D eigenvalue weighted by molar-refractivity contribution is 0.155. The molecule has 0 spiro atoms. The van der Waals surface area contributed by atoms with Crippen LogP contribution in [0, 0.1) is 0 Å². The van der Waals surface area contributed by atoms with Crippen LogP contribution in [0.3, 0.4) is 0 Å². The summed E-state index contributed by atoms with van der Waals surface area (Å²) in [5.74, 6) is 0.361. The van der Waals surface area contributed by atoms with E-state index in [1.165, 1.54) is 11.1 Å². The van der Waals surface area contributed by atoms with Gasteiger partial charge in [-0.1, -0.05) is 58.9 Å². The number of benzene rings is 2. The van der Waals surface area contributed by atoms with E-state index >= 15 is 0 Å². The molecule has 2 atom stereocenters. The Hall–Kier alpha value is -1.10. The highest BCUT2D eigenvalue weighted by Gasteiger charge is 2.30. The SMILES string of the molecule is CO[C@@H]1SC(=Nc2ccc(Br)cc2)c2ccccc2[C@H]1C. The van der Waals surface area contributed by atoms with E-state index in [2.05, 4.69) is 47.1 Å². The van der Waals surface area contributed by atoms with Crippen LogP contribution in [-0.2, 0) is 4.74 Å². The van der Waals surface area contributed by atoms with Crippen molar-refractivity contribution in [2.75, 3.05) is 7.11 Å². The largest absolute Gasteiger partial charge is 0.370 e. The van der Waals surface area contributed by atoms with Crippen molar-refractivity contribution >= 4 is 38.4 Å². The van der Waals surface area contributed by atoms with Gasteiger partial charge in [-0.3, -0.25) is 0 Å². The van der Waals surface area contributed by atoms with Crippen molar-refractivity contribution in [1.82, 2.24) is 0 Å². The number of aliphatic imine (C=N–C) groups is 1. The molecule has 0 saturated heterocycles. The van der Waals surface area contributed by atoms with Gasteiger partial charge in [0.25, 0.3) is 0 Å². The van der Waals surface area contributed by atoms with Gasteiger partial charge in [-0.2, -0.15) is 0 Å². The van der Waals surface area contributed by atoms with E-state index in [9.17, 15) is 0 Å². The van der Waals surface area contributed by atoms with Crippen molar-refractivity contribution in [2.45, 2.75) is 18.3 Å². The molecule has 1 aliphatic heterocycles. The van der Waals surface area contributed by atoms with Crippen molar-refractivity contribution in [3.63, 3.8) is 0 Å². The Morgan fingerprint density at radius 2 is 1.81 bits per heavy atom. The van der Waals surface area contributed by atoms with Gasteiger partial charge in [0.15, 0.2) is 0 Å². The number of halogens is 1. The lowest BCUT2D eigenvalue weighted by atomic mass is 9.96. The molecule has 0 fully saturated rings. The van der Waals surface area contributed by atoms with Crippen molar-refractivity contribution in [3.05, 3.63) is 64.1 Å². The van der Waals surface area contributed by atoms with Crippen LogP contribution < -0.4 is 0 Å². The van der Waals surface area contributed by atoms with E-state index < -0.39 is 0 Å². The standard InChI is InChI=1S/C17H16BrNOS/c1-11-14-5-3-4-6-15(14)16(21-17(11)20-2)19-13-9-7-12(18)8-10-13/h3-11,17H,1-2H3/t11-,17-/m1/s1. The molecule has 0 aromatic heterocycles. The molecule has 2 aromatic rings. The third kappa shape index (κ3) is 3.07. The normalized spacial score (nSPS) is 23.1. The number of methoxy groups -OCH3 is 1. The van der Waals surface area contributed by atoms with Gasteiger partial charge in [-0.05, 0) is 29.8 Å². The molecule has 0 N–H and O–H groups in total. The predicted octanol–water partition coefficient (Wildman–Crippen LogP) is 5.35. The predicted molar refractivity (Wildman–Crippen MR) is 93.6 cm³/mol. The number of fused-ring (bicyclic) bond motifs is 1. The number of hydrogen-bond donors (Lipinski definition) is 0. The molecule has 0 amide bonds. The minimum absolute atomic E-state index is 0.106. The first-order chi connectivity index (χ1) is 10.2. The van der Waals surface area contributed by atoms with Crippen LogP contribution in [0.2, 0.25) is 0 Å². The van der Waals surface area contributed by atoms with Gasteiger partial charge >= 0.3 is 0 Å². The van der Waals surface area contributed by atoms with E-state index in [0.29, 0.717) is 5.92 Å². The van der Waals surface area contributed by atoms with Gasteiger partial charge < -0.3 is 4.74 Å². The maximum absolute atomic E-state index is 5.62. The minimum Gasteiger partial charge on any atom is -0.370 e. The molecule has 0 radical (unpaired) electrons. The van der Waals surface area contributed by atoms with E-state index in [1.54, 1.807) is 18.9 Å². The Balaban J connectivity index is 2.05. The summed E-state index contributed by atoms with van der Waals surface area (Å²) in [6.07, 6.45) is 0. The third-order valence-electron chi connectivity index (χ3n) is 3.61. The first-order valence-electron chi connectivity index (χ1n) is 6.82. The Kier molecular flexibility index (Phi) is 4.48. The highest BCUT2D eigenvalue weighted by Crippen LogP contribution is 2.40. The monoisotopic (exact) mass is 361 g/mol. The highest BCUT2D eigenvalue weighted by molar-refractivity contribution is 9.10. The molecule has 21 heavy (non-hydrogen) atoms. The summed E-state index contributed by atoms with van der Waals surface area (Å²) in [6, 6.07) is 16.5. The summed E-state index contributed by atoms with van der Waals surface area (Å²) < 4.78 is 6.68. The molecule has 4 heteroatoms. The number of rotatable bonds is 2. The zero-order chi connectivity index (χ0) is 14.8. The quantitative estimate of drug-likeness (QED) is 0.718. The van der Waals surface area contributed by atoms with Gasteiger partial charge in [0, 0.05) is 23.1 Å². The highest BCUT2D eigenvalue weighted by atomic mass is 79.9. The molecule has 1 aliphatic rings. The lowest BCUT2D eigenvalue weighted by Crippen LogP contribution is -2.24. The number of nitrogens with zero attached hydrogens (tertiary/aromatic N) is 1. The van der Waals surface area contributed by atoms with Crippen LogP contribution in [0.1, 0.15) is 24.0 Å². The minimum atomic E-state index is 0.106. The Labute approximate surface area is 137 Å². The second kappa shape index (κ2) is 6.34. The average Bonchev–Trinajstić information content (AvgIpc) is 2.52. The number of hydrogen-bond acceptors (Lipinski definition) is 3. The average molecular weight is 362 g/mol. The molecule has 2 aromatic carbocycles. The van der Waals surface area contributed by atoms with E-state index in [0.717, 1.165) is 15.2 Å². The summed E-state index contributed by atoms with van der Waals surface area (Å²) in [6.45, 7) is 2.20. The van der Waals surface area contributed by atoms with Gasteiger partial charge in [0.1, 0.15) is 10.5 Å². The zero-order valence-electron chi connectivity index (χ0n) is 11.9. The third-order valence-corrected chi connectivity index (χ3v) is 5.50. The van der Waals surface area contributed by atoms with E-state index in [1.807, 2.05) is 24.3 Å². The number of thioether (sulfide) groups is 1. The Bertz CT molecular complexity index is 669. The zero-order valence-corrected chi connectivity index (χ0v) is 14.3. The van der Waals surface area contributed by atoms with Crippen LogP contribution >= 0.6 is 27.7 Å². The molecule has 108 valence electrons. The Morgan fingerprint density at radius 3 is 2.52 bits per heavy atom. The van der Waals surface area contributed by atoms with Crippen molar-refractivity contribution in [2.24, 2.45) is 4.99 Å². The summed E-state index contributed by atoms with van der Waals surface area (Å²) in [7, 11) is 1.76. The van der Waals surface area contributed by atoms with Crippen molar-refractivity contribution < 1.29 is 4.74 Å². The molecular formula is C17H16BrNOS. The number of ether oxygens (including phenoxy) is 1. The van der Waals surface area contributed by atoms with Crippen LogP contribution in [0.15, 0.2) is 58.0 Å². The fourth-order valence-electron chi connectivity index (χ4n) is 2.48. The first kappa shape index (κ1) is 14.8. The van der Waals surface area contributed by atoms with Crippen LogP contribution in [0.5, 0.6) is 0 Å². The van der Waals surface area contributed by atoms with Gasteiger partial charge in [0.2, 0.25) is 0 Å². The molecule has 1 heterocycles. The molecule has 0 bridgehead atoms. The second-order valence-corrected chi connectivity index (χ2v) is 6.99. The molecule has 0 saturated carbocycles. The molecular weight excluding hydrogens is 346 g/mol. The summed E-state index contributed by atoms with van der Waals surface area (Å²) in [5, 5.41) is 1.03. The summed E-state index contributed by atoms with van der Waals surface area (Å²) in [5.41, 5.74) is 3.58. The maximum atomic E-state index is 5.62. The van der Waals surface area contributed by atoms with E-state index in [4.69, 9.17) is 9.73 Å². The first-order valence-corrected chi connectivity index (χ1v) is 8.49. The van der Waals surface area contributed by atoms with Crippen LogP contribution in [0.25, 0.3) is 0 Å². The fourth-order valence-corrected chi connectivity index (χ4v) is 3.89. The van der Waals surface area contributed by atoms with Gasteiger partial charge in [0.05, 0.1) is 5.69 Å². The van der Waals surface area contributed by atoms with Gasteiger partial charge in [-0.15, -0.1) is 0 Å². The molecule has 3 rings (SSSR count). The lowest BCUT2D eigenvalue weighted by Gasteiger charge is -2.30. The fraction of sp³-hybridized carbons (Fsp3) is 0.235.